The van der Waals surface area contributed by atoms with Gasteiger partial charge in [-0.15, -0.1) is 13.2 Å². The topological polar surface area (TPSA) is 55.6 Å². The normalized spacial score (nSPS) is 12.2. The average molecular weight is 409 g/mol. The maximum Gasteiger partial charge on any atom is 0.573 e. The van der Waals surface area contributed by atoms with E-state index in [1.54, 1.807) is 0 Å². The lowest BCUT2D eigenvalue weighted by atomic mass is 9.92. The zero-order valence-corrected chi connectivity index (χ0v) is 16.0. The second-order valence-electron chi connectivity index (χ2n) is 7.75. The molecule has 154 valence electrons. The van der Waals surface area contributed by atoms with Crippen LogP contribution in [0, 0.1) is 11.2 Å². The molecule has 0 fully saturated rings. The Labute approximate surface area is 164 Å². The van der Waals surface area contributed by atoms with Crippen LogP contribution in [0.4, 0.5) is 23.4 Å². The van der Waals surface area contributed by atoms with E-state index in [1.165, 1.54) is 28.7 Å². The van der Waals surface area contributed by atoms with Crippen molar-refractivity contribution < 1.29 is 27.1 Å². The summed E-state index contributed by atoms with van der Waals surface area (Å²) in [7, 11) is 0. The van der Waals surface area contributed by atoms with Gasteiger partial charge in [-0.1, -0.05) is 32.9 Å². The molecule has 0 saturated carbocycles. The van der Waals surface area contributed by atoms with Crippen LogP contribution < -0.4 is 10.1 Å². The van der Waals surface area contributed by atoms with Gasteiger partial charge in [0.15, 0.2) is 5.82 Å². The van der Waals surface area contributed by atoms with Gasteiger partial charge in [-0.3, -0.25) is 9.20 Å². The molecule has 1 aromatic carbocycles. The van der Waals surface area contributed by atoms with Crippen LogP contribution in [0.5, 0.6) is 5.75 Å². The molecule has 0 radical (unpaired) electrons. The Bertz CT molecular complexity index is 1050. The highest BCUT2D eigenvalue weighted by Gasteiger charge is 2.31. The van der Waals surface area contributed by atoms with Gasteiger partial charge in [-0.05, 0) is 29.7 Å². The number of benzene rings is 1. The first kappa shape index (κ1) is 20.6. The number of halogens is 4. The number of nitrogens with one attached hydrogen (secondary N) is 1. The van der Waals surface area contributed by atoms with Crippen molar-refractivity contribution in [3.8, 4) is 17.0 Å². The summed E-state index contributed by atoms with van der Waals surface area (Å²) in [6, 6.07) is 7.82. The lowest BCUT2D eigenvalue weighted by molar-refractivity contribution is -0.274. The number of nitrogens with zero attached hydrogens (tertiary/aromatic N) is 2. The summed E-state index contributed by atoms with van der Waals surface area (Å²) in [5.41, 5.74) is 0.565. The quantitative estimate of drug-likeness (QED) is 0.586. The number of pyridine rings is 1. The van der Waals surface area contributed by atoms with Crippen molar-refractivity contribution in [1.29, 1.82) is 0 Å². The van der Waals surface area contributed by atoms with Gasteiger partial charge < -0.3 is 10.1 Å². The van der Waals surface area contributed by atoms with Gasteiger partial charge in [0.25, 0.3) is 0 Å². The number of rotatable bonds is 4. The lowest BCUT2D eigenvalue weighted by Crippen LogP contribution is -2.20. The number of imidazole rings is 1. The van der Waals surface area contributed by atoms with E-state index in [2.05, 4.69) is 15.0 Å². The minimum atomic E-state index is -4.85. The van der Waals surface area contributed by atoms with Gasteiger partial charge >= 0.3 is 6.36 Å². The summed E-state index contributed by atoms with van der Waals surface area (Å²) in [6.45, 7) is 5.68. The number of carbonyl (C=O) groups excluding carboxylic acids is 1. The van der Waals surface area contributed by atoms with E-state index < -0.39 is 17.9 Å². The van der Waals surface area contributed by atoms with E-state index >= 15 is 0 Å². The van der Waals surface area contributed by atoms with Gasteiger partial charge in [-0.25, -0.2) is 9.37 Å². The first-order valence-electron chi connectivity index (χ1n) is 8.75. The Morgan fingerprint density at radius 1 is 1.17 bits per heavy atom. The van der Waals surface area contributed by atoms with Crippen LogP contribution in [0.2, 0.25) is 0 Å². The van der Waals surface area contributed by atoms with Crippen LogP contribution in [0.15, 0.2) is 42.6 Å². The third-order valence-corrected chi connectivity index (χ3v) is 3.87. The van der Waals surface area contributed by atoms with Crippen molar-refractivity contribution in [2.45, 2.75) is 33.6 Å². The highest BCUT2D eigenvalue weighted by atomic mass is 19.4. The van der Waals surface area contributed by atoms with Gasteiger partial charge in [0, 0.05) is 18.2 Å². The Balaban J connectivity index is 2.09. The molecule has 1 N–H and O–H groups in total. The molecular formula is C20H19F4N3O2. The molecule has 0 atom stereocenters. The molecule has 3 rings (SSSR count). The largest absolute Gasteiger partial charge is 0.573 e. The van der Waals surface area contributed by atoms with E-state index in [0.29, 0.717) is 5.65 Å². The maximum atomic E-state index is 13.8. The molecule has 0 unspecified atom stereocenters. The van der Waals surface area contributed by atoms with E-state index in [-0.39, 0.29) is 34.8 Å². The molecule has 2 heterocycles. The van der Waals surface area contributed by atoms with Crippen molar-refractivity contribution in [3.05, 3.63) is 48.4 Å². The molecule has 5 nitrogen and oxygen atoms in total. The minimum Gasteiger partial charge on any atom is -0.406 e. The Kier molecular flexibility index (Phi) is 5.25. The van der Waals surface area contributed by atoms with Crippen molar-refractivity contribution >= 4 is 17.4 Å². The van der Waals surface area contributed by atoms with E-state index in [9.17, 15) is 22.4 Å². The summed E-state index contributed by atoms with van der Waals surface area (Å²) >= 11 is 0. The van der Waals surface area contributed by atoms with Gasteiger partial charge in [0.1, 0.15) is 17.2 Å². The molecule has 3 aromatic rings. The van der Waals surface area contributed by atoms with Crippen LogP contribution in [0.3, 0.4) is 0 Å². The molecule has 0 aliphatic carbocycles. The number of hydrogen-bond donors (Lipinski definition) is 1. The zero-order valence-electron chi connectivity index (χ0n) is 16.0. The molecular weight excluding hydrogens is 390 g/mol. The number of anilines is 1. The Morgan fingerprint density at radius 2 is 1.90 bits per heavy atom. The van der Waals surface area contributed by atoms with Gasteiger partial charge in [-0.2, -0.15) is 0 Å². The Hall–Kier alpha value is -3.10. The van der Waals surface area contributed by atoms with E-state index in [0.717, 1.165) is 18.3 Å². The maximum absolute atomic E-state index is 13.8. The van der Waals surface area contributed by atoms with Crippen molar-refractivity contribution in [3.63, 3.8) is 0 Å². The van der Waals surface area contributed by atoms with E-state index in [1.807, 2.05) is 20.8 Å². The van der Waals surface area contributed by atoms with Crippen molar-refractivity contribution in [1.82, 2.24) is 9.38 Å². The second-order valence-corrected chi connectivity index (χ2v) is 7.75. The fourth-order valence-electron chi connectivity index (χ4n) is 2.88. The third kappa shape index (κ3) is 5.24. The first-order chi connectivity index (χ1) is 13.4. The smallest absolute Gasteiger partial charge is 0.406 e. The number of amides is 1. The molecule has 0 aliphatic rings. The van der Waals surface area contributed by atoms with Crippen LogP contribution in [-0.2, 0) is 4.79 Å². The van der Waals surface area contributed by atoms with Crippen LogP contribution >= 0.6 is 0 Å². The highest BCUT2D eigenvalue weighted by molar-refractivity contribution is 5.94. The number of aromatic nitrogens is 2. The summed E-state index contributed by atoms with van der Waals surface area (Å²) in [5, 5.41) is 2.69. The van der Waals surface area contributed by atoms with Crippen LogP contribution in [0.25, 0.3) is 16.9 Å². The van der Waals surface area contributed by atoms with Gasteiger partial charge in [0.2, 0.25) is 5.91 Å². The highest BCUT2D eigenvalue weighted by Crippen LogP contribution is 2.33. The minimum absolute atomic E-state index is 0.119. The number of carbonyl (C=O) groups is 1. The molecule has 2 aromatic heterocycles. The third-order valence-electron chi connectivity index (χ3n) is 3.87. The molecule has 0 spiro atoms. The predicted molar refractivity (Wildman–Crippen MR) is 100.0 cm³/mol. The van der Waals surface area contributed by atoms with Gasteiger partial charge in [0.05, 0.1) is 5.69 Å². The second kappa shape index (κ2) is 7.38. The van der Waals surface area contributed by atoms with Crippen molar-refractivity contribution in [2.24, 2.45) is 5.41 Å². The summed E-state index contributed by atoms with van der Waals surface area (Å²) in [5.74, 6) is -1.20. The predicted octanol–water partition coefficient (Wildman–Crippen LogP) is 5.41. The van der Waals surface area contributed by atoms with Crippen LogP contribution in [0.1, 0.15) is 27.2 Å². The molecule has 0 saturated heterocycles. The number of ether oxygens (including phenoxy) is 1. The summed E-state index contributed by atoms with van der Waals surface area (Å²) < 4.78 is 56.9. The lowest BCUT2D eigenvalue weighted by Gasteiger charge is -2.17. The first-order valence-corrected chi connectivity index (χ1v) is 8.75. The SMILES string of the molecule is CC(C)(C)CC(=O)Nc1nc2ccc(F)cn2c1-c1cccc(OC(F)(F)F)c1. The standard InChI is InChI=1S/C20H19F4N3O2/c1-19(2,3)10-16(28)26-18-17(27-11-13(21)7-8-15(27)25-18)12-5-4-6-14(9-12)29-20(22,23)24/h4-9,11H,10H2,1-3H3,(H,26,28). The molecule has 0 aliphatic heterocycles. The number of fused-ring (bicyclic) bond motifs is 1. The average Bonchev–Trinajstić information content (AvgIpc) is 2.88. The fourth-order valence-corrected chi connectivity index (χ4v) is 2.88. The fraction of sp³-hybridized carbons (Fsp3) is 0.300. The molecule has 0 bridgehead atoms. The van der Waals surface area contributed by atoms with Crippen molar-refractivity contribution in [2.75, 3.05) is 5.32 Å². The molecule has 29 heavy (non-hydrogen) atoms. The monoisotopic (exact) mass is 409 g/mol. The number of hydrogen-bond acceptors (Lipinski definition) is 3. The number of alkyl halides is 3. The van der Waals surface area contributed by atoms with E-state index in [4.69, 9.17) is 0 Å². The molecule has 1 amide bonds. The van der Waals surface area contributed by atoms with Crippen LogP contribution in [-0.4, -0.2) is 21.7 Å². The molecule has 9 heteroatoms. The summed E-state index contributed by atoms with van der Waals surface area (Å²) in [6.07, 6.45) is -3.51. The summed E-state index contributed by atoms with van der Waals surface area (Å²) in [4.78, 5) is 16.7. The Morgan fingerprint density at radius 3 is 2.55 bits per heavy atom. The zero-order chi connectivity index (χ0) is 21.4.